The summed E-state index contributed by atoms with van der Waals surface area (Å²) in [4.78, 5) is 8.71. The molecule has 0 saturated carbocycles. The van der Waals surface area contributed by atoms with Crippen LogP contribution in [-0.2, 0) is 13.1 Å². The zero-order valence-corrected chi connectivity index (χ0v) is 32.3. The van der Waals surface area contributed by atoms with E-state index in [0.29, 0.717) is 0 Å². The van der Waals surface area contributed by atoms with Crippen molar-refractivity contribution in [3.63, 3.8) is 0 Å². The fourth-order valence-electron chi connectivity index (χ4n) is 5.25. The molecule has 46 heavy (non-hydrogen) atoms. The van der Waals surface area contributed by atoms with Gasteiger partial charge in [0, 0.05) is 13.1 Å². The maximum Gasteiger partial charge on any atom is 1.00 e. The Morgan fingerprint density at radius 1 is 0.435 bits per heavy atom. The van der Waals surface area contributed by atoms with Gasteiger partial charge in [0.2, 0.25) is 0 Å². The molecule has 0 fully saturated rings. The van der Waals surface area contributed by atoms with E-state index in [1.54, 1.807) is 0 Å². The first kappa shape index (κ1) is 42.5. The fraction of sp³-hybridized carbons (Fsp3) is 0.316. The zero-order chi connectivity index (χ0) is 32.2. The predicted octanol–water partition coefficient (Wildman–Crippen LogP) is -0.228. The van der Waals surface area contributed by atoms with Gasteiger partial charge in [-0.25, -0.2) is 0 Å². The second-order valence-electron chi connectivity index (χ2n) is 12.2. The van der Waals surface area contributed by atoms with Crippen LogP contribution >= 0.6 is 15.8 Å². The molecule has 0 bridgehead atoms. The predicted molar refractivity (Wildman–Crippen MR) is 199 cm³/mol. The molecule has 4 rings (SSSR count). The van der Waals surface area contributed by atoms with Crippen LogP contribution in [0.3, 0.4) is 0 Å². The van der Waals surface area contributed by atoms with Gasteiger partial charge in [-0.3, -0.25) is 0 Å². The Balaban J connectivity index is 0.000000441. The van der Waals surface area contributed by atoms with E-state index in [4.69, 9.17) is 0 Å². The van der Waals surface area contributed by atoms with Gasteiger partial charge in [0.1, 0.15) is 0 Å². The quantitative estimate of drug-likeness (QED) is 0.121. The molecule has 0 aromatic heterocycles. The minimum atomic E-state index is -0.358. The second-order valence-corrected chi connectivity index (χ2v) is 16.3. The third kappa shape index (κ3) is 13.2. The van der Waals surface area contributed by atoms with Crippen LogP contribution in [-0.4, -0.2) is 89.3 Å². The average Bonchev–Trinajstić information content (AvgIpc) is 2.97. The van der Waals surface area contributed by atoms with Crippen LogP contribution < -0.4 is 58.9 Å². The van der Waals surface area contributed by atoms with Crippen LogP contribution in [0, 0.1) is 13.1 Å². The third-order valence-corrected chi connectivity index (χ3v) is 11.6. The maximum absolute atomic E-state index is 2.37. The smallest absolute Gasteiger partial charge is 0.339 e. The van der Waals surface area contributed by atoms with Crippen molar-refractivity contribution < 1.29 is 37.7 Å². The maximum atomic E-state index is 2.37. The van der Waals surface area contributed by atoms with Crippen molar-refractivity contribution in [1.82, 2.24) is 19.6 Å². The number of rotatable bonds is 12. The van der Waals surface area contributed by atoms with Crippen molar-refractivity contribution in [2.45, 2.75) is 13.1 Å². The summed E-state index contributed by atoms with van der Waals surface area (Å²) >= 11 is 0. The van der Waals surface area contributed by atoms with Crippen LogP contribution in [0.4, 0.5) is 0 Å². The first-order valence-electron chi connectivity index (χ1n) is 15.1. The summed E-state index contributed by atoms with van der Waals surface area (Å²) in [5, 5.41) is 5.84. The van der Waals surface area contributed by atoms with Crippen LogP contribution in [0.2, 0.25) is 0 Å². The van der Waals surface area contributed by atoms with Gasteiger partial charge in [-0.2, -0.15) is 23.3 Å². The van der Waals surface area contributed by atoms with Crippen LogP contribution in [0.25, 0.3) is 0 Å². The summed E-state index contributed by atoms with van der Waals surface area (Å²) in [7, 11) is 16.1. The van der Waals surface area contributed by atoms with Gasteiger partial charge in [-0.15, -0.1) is 63.8 Å². The van der Waals surface area contributed by atoms with Crippen molar-refractivity contribution in [1.29, 1.82) is 0 Å². The SMILES string of the molecule is CN(C)[CH-]c1ccccc1P(C)c1ccccc1CN(C)C.CN(C)[CH-]c1ccccc1P(C)c1ccccc1CN(C)C.[Li+].[Li+]. The summed E-state index contributed by atoms with van der Waals surface area (Å²) in [6.45, 7) is 11.1. The molecule has 0 N–H and O–H groups in total. The van der Waals surface area contributed by atoms with E-state index in [-0.39, 0.29) is 53.6 Å². The van der Waals surface area contributed by atoms with Gasteiger partial charge in [-0.1, -0.05) is 60.7 Å². The van der Waals surface area contributed by atoms with Crippen molar-refractivity contribution >= 4 is 37.1 Å². The average molecular weight is 641 g/mol. The molecule has 236 valence electrons. The fourth-order valence-corrected chi connectivity index (χ4v) is 9.19. The van der Waals surface area contributed by atoms with E-state index in [1.807, 2.05) is 0 Å². The van der Waals surface area contributed by atoms with Gasteiger partial charge >= 0.3 is 37.7 Å². The van der Waals surface area contributed by atoms with E-state index in [0.717, 1.165) is 13.1 Å². The molecular formula is C38H52Li2N4P2. The monoisotopic (exact) mass is 640 g/mol. The van der Waals surface area contributed by atoms with Crippen molar-refractivity contribution in [3.05, 3.63) is 132 Å². The van der Waals surface area contributed by atoms with E-state index in [1.165, 1.54) is 43.5 Å². The molecule has 0 aliphatic heterocycles. The molecule has 4 nitrogen and oxygen atoms in total. The first-order chi connectivity index (χ1) is 21.0. The van der Waals surface area contributed by atoms with Gasteiger partial charge in [-0.05, 0) is 91.4 Å². The first-order valence-corrected chi connectivity index (χ1v) is 18.7. The zero-order valence-electron chi connectivity index (χ0n) is 30.5. The van der Waals surface area contributed by atoms with Gasteiger partial charge in [0.25, 0.3) is 0 Å². The van der Waals surface area contributed by atoms with Crippen LogP contribution in [0.15, 0.2) is 97.1 Å². The number of hydrogen-bond acceptors (Lipinski definition) is 4. The topological polar surface area (TPSA) is 13.0 Å². The molecule has 0 saturated heterocycles. The molecule has 0 radical (unpaired) electrons. The summed E-state index contributed by atoms with van der Waals surface area (Å²) in [5.74, 6) is 0. The number of benzene rings is 4. The molecular weight excluding hydrogens is 588 g/mol. The van der Waals surface area contributed by atoms with E-state index in [9.17, 15) is 0 Å². The van der Waals surface area contributed by atoms with Gasteiger partial charge < -0.3 is 19.6 Å². The van der Waals surface area contributed by atoms with Crippen molar-refractivity contribution in [3.8, 4) is 0 Å². The van der Waals surface area contributed by atoms with Gasteiger partial charge in [0.15, 0.2) is 0 Å². The van der Waals surface area contributed by atoms with Gasteiger partial charge in [0.05, 0.1) is 0 Å². The molecule has 0 amide bonds. The summed E-state index contributed by atoms with van der Waals surface area (Å²) in [6, 6.07) is 35.2. The van der Waals surface area contributed by atoms with Crippen LogP contribution in [0.1, 0.15) is 22.3 Å². The molecule has 2 atom stereocenters. The third-order valence-electron chi connectivity index (χ3n) is 7.07. The Kier molecular flexibility index (Phi) is 19.9. The van der Waals surface area contributed by atoms with E-state index in [2.05, 4.69) is 199 Å². The Hall–Kier alpha value is -1.49. The largest absolute Gasteiger partial charge is 1.00 e. The molecule has 0 heterocycles. The summed E-state index contributed by atoms with van der Waals surface area (Å²) in [5.41, 5.74) is 5.50. The van der Waals surface area contributed by atoms with Crippen molar-refractivity contribution in [2.75, 3.05) is 69.7 Å². The number of nitrogens with zero attached hydrogens (tertiary/aromatic N) is 4. The van der Waals surface area contributed by atoms with Crippen LogP contribution in [0.5, 0.6) is 0 Å². The van der Waals surface area contributed by atoms with E-state index < -0.39 is 0 Å². The molecule has 8 heteroatoms. The van der Waals surface area contributed by atoms with Crippen molar-refractivity contribution in [2.24, 2.45) is 0 Å². The van der Waals surface area contributed by atoms with E-state index >= 15 is 0 Å². The normalized spacial score (nSPS) is 12.1. The molecule has 2 unspecified atom stereocenters. The Morgan fingerprint density at radius 3 is 1.02 bits per heavy atom. The minimum Gasteiger partial charge on any atom is -0.339 e. The Bertz CT molecular complexity index is 1230. The number of hydrogen-bond donors (Lipinski definition) is 0. The summed E-state index contributed by atoms with van der Waals surface area (Å²) in [6.07, 6.45) is 0. The molecule has 0 spiro atoms. The molecule has 0 aliphatic carbocycles. The molecule has 0 aliphatic rings. The molecule has 4 aromatic carbocycles. The Morgan fingerprint density at radius 2 is 0.717 bits per heavy atom. The minimum absolute atomic E-state index is 0. The second kappa shape index (κ2) is 21.5. The standard InChI is InChI=1S/2C19H26N2P.2Li/c2*1-20(2)14-16-10-6-8-12-18(16)22(5)19-13-9-7-11-17(19)15-21(3)4;;/h2*6-14H,15H2,1-5H3;;/q2*-1;2*+1. The Labute approximate surface area is 307 Å². The molecule has 4 aromatic rings. The summed E-state index contributed by atoms with van der Waals surface area (Å²) < 4.78 is 0.